The van der Waals surface area contributed by atoms with Crippen LogP contribution in [0.4, 0.5) is 8.78 Å². The van der Waals surface area contributed by atoms with Gasteiger partial charge in [-0.2, -0.15) is 5.26 Å². The van der Waals surface area contributed by atoms with Crippen LogP contribution in [0.25, 0.3) is 11.1 Å². The van der Waals surface area contributed by atoms with E-state index in [-0.39, 0.29) is 4.90 Å². The molecule has 0 N–H and O–H groups in total. The summed E-state index contributed by atoms with van der Waals surface area (Å²) in [6, 6.07) is 9.39. The number of thiocyanates is 1. The Morgan fingerprint density at radius 2 is 1.70 bits per heavy atom. The lowest BCUT2D eigenvalue weighted by Crippen LogP contribution is -1.92. The van der Waals surface area contributed by atoms with Gasteiger partial charge in [0.1, 0.15) is 22.8 Å². The lowest BCUT2D eigenvalue weighted by Gasteiger charge is -2.07. The van der Waals surface area contributed by atoms with Crippen LogP contribution >= 0.6 is 11.8 Å². The van der Waals surface area contributed by atoms with Gasteiger partial charge in [-0.1, -0.05) is 12.1 Å². The van der Waals surface area contributed by atoms with E-state index >= 15 is 0 Å². The van der Waals surface area contributed by atoms with Crippen LogP contribution in [0.3, 0.4) is 0 Å². The summed E-state index contributed by atoms with van der Waals surface area (Å²) in [5.41, 5.74) is 1.10. The second kappa shape index (κ2) is 6.40. The minimum absolute atomic E-state index is 0.276. The molecule has 0 saturated heterocycles. The van der Waals surface area contributed by atoms with Gasteiger partial charge in [0.25, 0.3) is 0 Å². The van der Waals surface area contributed by atoms with Crippen LogP contribution in [0.5, 0.6) is 5.75 Å². The second-order valence-corrected chi connectivity index (χ2v) is 4.71. The molecule has 0 aliphatic heterocycles. The molecular formula is C15H11F2NOS. The molecule has 2 aromatic carbocycles. The molecule has 0 aliphatic carbocycles. The Hall–Kier alpha value is -2.06. The zero-order chi connectivity index (χ0) is 14.5. The molecule has 5 heteroatoms. The van der Waals surface area contributed by atoms with Crippen LogP contribution in [-0.4, -0.2) is 6.61 Å². The molecule has 0 saturated carbocycles. The summed E-state index contributed by atoms with van der Waals surface area (Å²) in [5, 5.41) is 10.2. The minimum atomic E-state index is -0.736. The molecule has 0 atom stereocenters. The van der Waals surface area contributed by atoms with Crippen LogP contribution in [0.15, 0.2) is 41.3 Å². The topological polar surface area (TPSA) is 33.0 Å². The second-order valence-electron chi connectivity index (χ2n) is 3.92. The van der Waals surface area contributed by atoms with Crippen LogP contribution in [0.1, 0.15) is 6.92 Å². The molecule has 0 amide bonds. The average Bonchev–Trinajstić information content (AvgIpc) is 2.44. The Kier molecular flexibility index (Phi) is 4.59. The van der Waals surface area contributed by atoms with Gasteiger partial charge in [-0.3, -0.25) is 0 Å². The molecule has 2 nitrogen and oxygen atoms in total. The van der Waals surface area contributed by atoms with E-state index in [0.717, 1.165) is 0 Å². The monoisotopic (exact) mass is 291 g/mol. The predicted octanol–water partition coefficient (Wildman–Crippen LogP) is 4.60. The van der Waals surface area contributed by atoms with Crippen LogP contribution < -0.4 is 4.74 Å². The Bertz CT molecular complexity index is 627. The van der Waals surface area contributed by atoms with Gasteiger partial charge < -0.3 is 4.74 Å². The molecule has 20 heavy (non-hydrogen) atoms. The van der Waals surface area contributed by atoms with E-state index in [9.17, 15) is 8.78 Å². The average molecular weight is 291 g/mol. The maximum absolute atomic E-state index is 13.7. The largest absolute Gasteiger partial charge is 0.494 e. The van der Waals surface area contributed by atoms with Crippen molar-refractivity contribution in [2.75, 3.05) is 6.61 Å². The van der Waals surface area contributed by atoms with Gasteiger partial charge in [-0.25, -0.2) is 8.78 Å². The summed E-state index contributed by atoms with van der Waals surface area (Å²) < 4.78 is 32.8. The maximum atomic E-state index is 13.7. The van der Waals surface area contributed by atoms with Crippen LogP contribution in [0.2, 0.25) is 0 Å². The highest BCUT2D eigenvalue weighted by Crippen LogP contribution is 2.30. The van der Waals surface area contributed by atoms with Crippen molar-refractivity contribution in [1.29, 1.82) is 5.26 Å². The first-order valence-electron chi connectivity index (χ1n) is 5.94. The fourth-order valence-corrected chi connectivity index (χ4v) is 2.18. The molecule has 0 bridgehead atoms. The first-order chi connectivity index (χ1) is 9.65. The SMILES string of the molecule is CCOc1ccc(-c2cc(F)c(SC#N)c(F)c2)cc1. The summed E-state index contributed by atoms with van der Waals surface area (Å²) in [4.78, 5) is -0.276. The highest BCUT2D eigenvalue weighted by atomic mass is 32.2. The Morgan fingerprint density at radius 1 is 1.10 bits per heavy atom. The number of hydrogen-bond acceptors (Lipinski definition) is 3. The molecule has 2 aromatic rings. The van der Waals surface area contributed by atoms with Crippen molar-refractivity contribution in [3.8, 4) is 22.3 Å². The van der Waals surface area contributed by atoms with Gasteiger partial charge in [0.05, 0.1) is 11.5 Å². The quantitative estimate of drug-likeness (QED) is 0.609. The zero-order valence-corrected chi connectivity index (χ0v) is 11.5. The third kappa shape index (κ3) is 3.09. The fraction of sp³-hybridized carbons (Fsp3) is 0.133. The van der Waals surface area contributed by atoms with Crippen molar-refractivity contribution < 1.29 is 13.5 Å². The van der Waals surface area contributed by atoms with Crippen molar-refractivity contribution in [1.82, 2.24) is 0 Å². The third-order valence-corrected chi connectivity index (χ3v) is 3.33. The summed E-state index contributed by atoms with van der Waals surface area (Å²) in [7, 11) is 0. The smallest absolute Gasteiger partial charge is 0.141 e. The van der Waals surface area contributed by atoms with E-state index in [1.807, 2.05) is 6.92 Å². The molecule has 0 aliphatic rings. The van der Waals surface area contributed by atoms with Crippen molar-refractivity contribution in [3.63, 3.8) is 0 Å². The van der Waals surface area contributed by atoms with Gasteiger partial charge in [-0.15, -0.1) is 0 Å². The normalized spacial score (nSPS) is 10.1. The van der Waals surface area contributed by atoms with Crippen LogP contribution in [-0.2, 0) is 0 Å². The van der Waals surface area contributed by atoms with E-state index < -0.39 is 11.6 Å². The summed E-state index contributed by atoms with van der Waals surface area (Å²) in [5.74, 6) is -0.769. The van der Waals surface area contributed by atoms with Gasteiger partial charge >= 0.3 is 0 Å². The minimum Gasteiger partial charge on any atom is -0.494 e. The van der Waals surface area contributed by atoms with Crippen molar-refractivity contribution in [2.45, 2.75) is 11.8 Å². The van der Waals surface area contributed by atoms with E-state index in [1.165, 1.54) is 12.1 Å². The summed E-state index contributed by atoms with van der Waals surface area (Å²) in [6.45, 7) is 2.44. The number of benzene rings is 2. The third-order valence-electron chi connectivity index (χ3n) is 2.64. The van der Waals surface area contributed by atoms with Gasteiger partial charge in [0, 0.05) is 0 Å². The molecule has 0 radical (unpaired) electrons. The highest BCUT2D eigenvalue weighted by molar-refractivity contribution is 8.03. The first kappa shape index (κ1) is 14.4. The van der Waals surface area contributed by atoms with E-state index in [1.54, 1.807) is 29.7 Å². The number of rotatable bonds is 4. The zero-order valence-electron chi connectivity index (χ0n) is 10.7. The number of ether oxygens (including phenoxy) is 1. The summed E-state index contributed by atoms with van der Waals surface area (Å²) in [6.07, 6.45) is 0. The Balaban J connectivity index is 2.36. The number of nitrogens with zero attached hydrogens (tertiary/aromatic N) is 1. The van der Waals surface area contributed by atoms with Gasteiger partial charge in [0.2, 0.25) is 0 Å². The number of halogens is 2. The molecule has 0 fully saturated rings. The number of thioether (sulfide) groups is 1. The maximum Gasteiger partial charge on any atom is 0.141 e. The Morgan fingerprint density at radius 3 is 2.20 bits per heavy atom. The van der Waals surface area contributed by atoms with E-state index in [2.05, 4.69) is 0 Å². The summed E-state index contributed by atoms with van der Waals surface area (Å²) >= 11 is 0.477. The van der Waals surface area contributed by atoms with Crippen molar-refractivity contribution >= 4 is 11.8 Å². The van der Waals surface area contributed by atoms with E-state index in [4.69, 9.17) is 10.00 Å². The van der Waals surface area contributed by atoms with E-state index in [0.29, 0.717) is 35.2 Å². The molecule has 0 unspecified atom stereocenters. The van der Waals surface area contributed by atoms with Crippen LogP contribution in [0, 0.1) is 22.3 Å². The molecular weight excluding hydrogens is 280 g/mol. The van der Waals surface area contributed by atoms with Crippen molar-refractivity contribution in [3.05, 3.63) is 48.0 Å². The van der Waals surface area contributed by atoms with Gasteiger partial charge in [-0.05, 0) is 54.1 Å². The lowest BCUT2D eigenvalue weighted by molar-refractivity contribution is 0.340. The number of nitriles is 1. The molecule has 2 rings (SSSR count). The van der Waals surface area contributed by atoms with Crippen molar-refractivity contribution in [2.24, 2.45) is 0 Å². The highest BCUT2D eigenvalue weighted by Gasteiger charge is 2.12. The lowest BCUT2D eigenvalue weighted by atomic mass is 10.1. The fourth-order valence-electron chi connectivity index (χ4n) is 1.78. The predicted molar refractivity (Wildman–Crippen MR) is 74.4 cm³/mol. The molecule has 0 spiro atoms. The van der Waals surface area contributed by atoms with Gasteiger partial charge in [0.15, 0.2) is 0 Å². The Labute approximate surface area is 120 Å². The molecule has 102 valence electrons. The molecule has 0 heterocycles. The number of hydrogen-bond donors (Lipinski definition) is 0. The standard InChI is InChI=1S/C15H11F2NOS/c1-2-19-12-5-3-10(4-6-12)11-7-13(16)15(20-9-18)14(17)8-11/h3-8H,2H2,1H3. The first-order valence-corrected chi connectivity index (χ1v) is 6.75. The molecule has 0 aromatic heterocycles.